The van der Waals surface area contributed by atoms with E-state index in [4.69, 9.17) is 0 Å². The second-order valence-corrected chi connectivity index (χ2v) is 11.7. The number of benzene rings is 3. The molecule has 0 radical (unpaired) electrons. The number of ketones is 1. The third-order valence-electron chi connectivity index (χ3n) is 8.19. The number of non-ortho nitro benzene ring substituents is 1. The van der Waals surface area contributed by atoms with Crippen molar-refractivity contribution in [1.29, 1.82) is 0 Å². The molecule has 0 fully saturated rings. The van der Waals surface area contributed by atoms with E-state index in [2.05, 4.69) is 31.3 Å². The number of para-hydroxylation sites is 2. The summed E-state index contributed by atoms with van der Waals surface area (Å²) < 4.78 is 0. The highest BCUT2D eigenvalue weighted by atomic mass is 16.6. The first-order chi connectivity index (χ1) is 19.2. The number of anilines is 2. The lowest BCUT2D eigenvalue weighted by Crippen LogP contribution is -2.45. The standard InChI is InChI=1S/C32H32N4O4/c1-32(2)17-26-30(28(37)18-32)31(22-10-7-11-24(16-22)36(39)40)35(27-13-6-5-12-25(27)33-26)20-29(38)34-15-14-21-8-3-4-9-23(21)19-34/h3-13,16,31,33H,14-15,17-20H2,1-2H3. The van der Waals surface area contributed by atoms with Crippen LogP contribution in [-0.4, -0.2) is 34.6 Å². The van der Waals surface area contributed by atoms with Crippen LogP contribution in [0.4, 0.5) is 17.1 Å². The molecule has 0 saturated heterocycles. The lowest BCUT2D eigenvalue weighted by Gasteiger charge is -2.39. The molecule has 40 heavy (non-hydrogen) atoms. The van der Waals surface area contributed by atoms with Crippen LogP contribution in [-0.2, 0) is 22.6 Å². The molecule has 1 amide bonds. The number of carbonyl (C=O) groups excluding carboxylic acids is 2. The summed E-state index contributed by atoms with van der Waals surface area (Å²) in [6.07, 6.45) is 1.80. The van der Waals surface area contributed by atoms with E-state index in [1.165, 1.54) is 17.7 Å². The normalized spacial score (nSPS) is 19.6. The van der Waals surface area contributed by atoms with Gasteiger partial charge in [0.1, 0.15) is 0 Å². The Kier molecular flexibility index (Phi) is 6.41. The molecule has 1 atom stereocenters. The highest BCUT2D eigenvalue weighted by Gasteiger charge is 2.42. The Morgan fingerprint density at radius 3 is 2.58 bits per heavy atom. The Morgan fingerprint density at radius 1 is 1.02 bits per heavy atom. The number of nitro benzene ring substituents is 1. The molecule has 3 aromatic rings. The van der Waals surface area contributed by atoms with Gasteiger partial charge in [-0.2, -0.15) is 0 Å². The molecule has 0 spiro atoms. The Hall–Kier alpha value is -4.46. The van der Waals surface area contributed by atoms with Gasteiger partial charge in [0, 0.05) is 42.9 Å². The number of nitrogens with zero attached hydrogens (tertiary/aromatic N) is 3. The second kappa shape index (κ2) is 9.93. The van der Waals surface area contributed by atoms with E-state index in [0.717, 1.165) is 29.1 Å². The van der Waals surface area contributed by atoms with E-state index in [0.29, 0.717) is 37.1 Å². The lowest BCUT2D eigenvalue weighted by molar-refractivity contribution is -0.384. The number of rotatable bonds is 4. The second-order valence-electron chi connectivity index (χ2n) is 11.7. The quantitative estimate of drug-likeness (QED) is 0.335. The van der Waals surface area contributed by atoms with Crippen molar-refractivity contribution in [2.75, 3.05) is 23.3 Å². The Bertz CT molecular complexity index is 1560. The number of nitrogens with one attached hydrogen (secondary N) is 1. The predicted molar refractivity (Wildman–Crippen MR) is 154 cm³/mol. The highest BCUT2D eigenvalue weighted by Crippen LogP contribution is 2.48. The van der Waals surface area contributed by atoms with Gasteiger partial charge in [0.2, 0.25) is 5.91 Å². The summed E-state index contributed by atoms with van der Waals surface area (Å²) in [4.78, 5) is 43.0. The maximum atomic E-state index is 13.9. The summed E-state index contributed by atoms with van der Waals surface area (Å²) in [6.45, 7) is 5.33. The lowest BCUT2D eigenvalue weighted by atomic mass is 9.73. The number of amides is 1. The Balaban J connectivity index is 1.47. The molecule has 0 aromatic heterocycles. The molecule has 8 heteroatoms. The van der Waals surface area contributed by atoms with Crippen LogP contribution in [0.15, 0.2) is 84.1 Å². The van der Waals surface area contributed by atoms with Gasteiger partial charge >= 0.3 is 0 Å². The molecule has 6 rings (SSSR count). The van der Waals surface area contributed by atoms with E-state index in [1.807, 2.05) is 52.3 Å². The Morgan fingerprint density at radius 2 is 1.77 bits per heavy atom. The van der Waals surface area contributed by atoms with Crippen LogP contribution in [0.1, 0.15) is 49.4 Å². The van der Waals surface area contributed by atoms with Crippen LogP contribution < -0.4 is 10.2 Å². The molecule has 0 bridgehead atoms. The van der Waals surface area contributed by atoms with Crippen LogP contribution in [0.3, 0.4) is 0 Å². The van der Waals surface area contributed by atoms with Crippen LogP contribution in [0, 0.1) is 15.5 Å². The topological polar surface area (TPSA) is 95.8 Å². The number of allylic oxidation sites excluding steroid dienone is 1. The zero-order valence-electron chi connectivity index (χ0n) is 22.7. The number of hydrogen-bond donors (Lipinski definition) is 1. The fraction of sp³-hybridized carbons (Fsp3) is 0.312. The predicted octanol–water partition coefficient (Wildman–Crippen LogP) is 5.80. The summed E-state index contributed by atoms with van der Waals surface area (Å²) in [5.74, 6) is -0.0558. The first-order valence-corrected chi connectivity index (χ1v) is 13.7. The minimum atomic E-state index is -0.657. The summed E-state index contributed by atoms with van der Waals surface area (Å²) >= 11 is 0. The summed E-state index contributed by atoms with van der Waals surface area (Å²) in [7, 11) is 0. The molecule has 1 aliphatic carbocycles. The third kappa shape index (κ3) is 4.74. The van der Waals surface area contributed by atoms with Gasteiger partial charge < -0.3 is 15.1 Å². The van der Waals surface area contributed by atoms with Crippen LogP contribution in [0.25, 0.3) is 0 Å². The largest absolute Gasteiger partial charge is 0.357 e. The van der Waals surface area contributed by atoms with E-state index in [-0.39, 0.29) is 29.3 Å². The van der Waals surface area contributed by atoms with Gasteiger partial charge in [-0.15, -0.1) is 0 Å². The smallest absolute Gasteiger partial charge is 0.269 e. The van der Waals surface area contributed by atoms with Crippen LogP contribution >= 0.6 is 0 Å². The molecular weight excluding hydrogens is 504 g/mol. The fourth-order valence-electron chi connectivity index (χ4n) is 6.34. The zero-order valence-corrected chi connectivity index (χ0v) is 22.7. The molecule has 3 aliphatic rings. The SMILES string of the molecule is CC1(C)CC(=O)C2=C(C1)Nc1ccccc1N(CC(=O)N1CCc3ccccc3C1)C2c1cccc([N+](=O)[O-])c1. The maximum Gasteiger partial charge on any atom is 0.269 e. The minimum absolute atomic E-state index is 0.00703. The van der Waals surface area contributed by atoms with Gasteiger partial charge in [-0.25, -0.2) is 0 Å². The Labute approximate surface area is 233 Å². The molecule has 0 saturated carbocycles. The third-order valence-corrected chi connectivity index (χ3v) is 8.19. The average molecular weight is 537 g/mol. The van der Waals surface area contributed by atoms with E-state index in [9.17, 15) is 19.7 Å². The van der Waals surface area contributed by atoms with Gasteiger partial charge in [0.05, 0.1) is 28.9 Å². The van der Waals surface area contributed by atoms with E-state index >= 15 is 0 Å². The van der Waals surface area contributed by atoms with Crippen LogP contribution in [0.2, 0.25) is 0 Å². The zero-order chi connectivity index (χ0) is 28.0. The van der Waals surface area contributed by atoms with E-state index < -0.39 is 11.0 Å². The van der Waals surface area contributed by atoms with Crippen molar-refractivity contribution in [1.82, 2.24) is 4.90 Å². The molecule has 3 aromatic carbocycles. The fourth-order valence-corrected chi connectivity index (χ4v) is 6.34. The molecular formula is C32H32N4O4. The molecule has 204 valence electrons. The molecule has 1 unspecified atom stereocenters. The number of Topliss-reactive ketones (excluding diaryl/α,β-unsaturated/α-hetero) is 1. The minimum Gasteiger partial charge on any atom is -0.357 e. The van der Waals surface area contributed by atoms with Crippen molar-refractivity contribution >= 4 is 28.8 Å². The summed E-state index contributed by atoms with van der Waals surface area (Å²) in [5.41, 5.74) is 5.71. The average Bonchev–Trinajstić information content (AvgIpc) is 3.06. The first-order valence-electron chi connectivity index (χ1n) is 13.7. The molecule has 2 heterocycles. The van der Waals surface area contributed by atoms with Gasteiger partial charge in [-0.3, -0.25) is 19.7 Å². The van der Waals surface area contributed by atoms with Gasteiger partial charge in [-0.1, -0.05) is 62.4 Å². The number of hydrogen-bond acceptors (Lipinski definition) is 6. The van der Waals surface area contributed by atoms with Crippen molar-refractivity contribution in [3.8, 4) is 0 Å². The molecule has 2 aliphatic heterocycles. The van der Waals surface area contributed by atoms with Gasteiger partial charge in [-0.05, 0) is 47.1 Å². The highest BCUT2D eigenvalue weighted by molar-refractivity contribution is 6.02. The number of carbonyl (C=O) groups is 2. The van der Waals surface area contributed by atoms with Crippen molar-refractivity contribution in [2.45, 2.75) is 45.7 Å². The number of fused-ring (bicyclic) bond motifs is 2. The van der Waals surface area contributed by atoms with Crippen LogP contribution in [0.5, 0.6) is 0 Å². The molecule has 1 N–H and O–H groups in total. The van der Waals surface area contributed by atoms with E-state index in [1.54, 1.807) is 6.07 Å². The number of nitro groups is 1. The van der Waals surface area contributed by atoms with Crippen molar-refractivity contribution in [3.05, 3.63) is 111 Å². The van der Waals surface area contributed by atoms with Crippen molar-refractivity contribution in [2.24, 2.45) is 5.41 Å². The van der Waals surface area contributed by atoms with Gasteiger partial charge in [0.15, 0.2) is 5.78 Å². The monoisotopic (exact) mass is 536 g/mol. The van der Waals surface area contributed by atoms with Crippen molar-refractivity contribution < 1.29 is 14.5 Å². The van der Waals surface area contributed by atoms with Gasteiger partial charge in [0.25, 0.3) is 5.69 Å². The molecule has 8 nitrogen and oxygen atoms in total. The first kappa shape index (κ1) is 25.8. The maximum absolute atomic E-state index is 13.9. The van der Waals surface area contributed by atoms with Crippen molar-refractivity contribution in [3.63, 3.8) is 0 Å². The summed E-state index contributed by atoms with van der Waals surface area (Å²) in [6, 6.07) is 21.7. The summed E-state index contributed by atoms with van der Waals surface area (Å²) in [5, 5.41) is 15.3.